The second-order valence-electron chi connectivity index (χ2n) is 3.00. The van der Waals surface area contributed by atoms with E-state index in [0.29, 0.717) is 12.0 Å². The van der Waals surface area contributed by atoms with Gasteiger partial charge in [0.25, 0.3) is 0 Å². The van der Waals surface area contributed by atoms with Gasteiger partial charge in [0.2, 0.25) is 0 Å². The van der Waals surface area contributed by atoms with Gasteiger partial charge in [-0.05, 0) is 5.92 Å². The minimum atomic E-state index is 0.457. The van der Waals surface area contributed by atoms with Crippen LogP contribution in [0.15, 0.2) is 0 Å². The van der Waals surface area contributed by atoms with Crippen molar-refractivity contribution in [3.63, 3.8) is 0 Å². The summed E-state index contributed by atoms with van der Waals surface area (Å²) in [5.41, 5.74) is 0. The summed E-state index contributed by atoms with van der Waals surface area (Å²) < 4.78 is 5.57. The molecule has 0 saturated carbocycles. The molecular weight excluding hydrogens is 126 g/mol. The van der Waals surface area contributed by atoms with E-state index in [1.54, 1.807) is 0 Å². The molecule has 0 radical (unpaired) electrons. The van der Waals surface area contributed by atoms with Gasteiger partial charge in [0.15, 0.2) is 0 Å². The Morgan fingerprint density at radius 2 is 2.50 bits per heavy atom. The van der Waals surface area contributed by atoms with Crippen LogP contribution in [0.5, 0.6) is 0 Å². The van der Waals surface area contributed by atoms with Gasteiger partial charge in [-0.25, -0.2) is 0 Å². The highest BCUT2D eigenvalue weighted by molar-refractivity contribution is 4.71. The summed E-state index contributed by atoms with van der Waals surface area (Å²) in [4.78, 5) is 0. The molecule has 0 amide bonds. The van der Waals surface area contributed by atoms with Crippen molar-refractivity contribution in [2.75, 3.05) is 19.7 Å². The van der Waals surface area contributed by atoms with Gasteiger partial charge >= 0.3 is 0 Å². The quantitative estimate of drug-likeness (QED) is 0.623. The lowest BCUT2D eigenvalue weighted by atomic mass is 10.0. The summed E-state index contributed by atoms with van der Waals surface area (Å²) >= 11 is 0. The normalized spacial score (nSPS) is 30.0. The number of nitrogens with one attached hydrogen (secondary N) is 1. The number of hydrogen-bond acceptors (Lipinski definition) is 2. The van der Waals surface area contributed by atoms with Crippen LogP contribution in [0.25, 0.3) is 0 Å². The van der Waals surface area contributed by atoms with E-state index in [9.17, 15) is 0 Å². The van der Waals surface area contributed by atoms with Gasteiger partial charge in [0.1, 0.15) is 0 Å². The second-order valence-corrected chi connectivity index (χ2v) is 3.00. The van der Waals surface area contributed by atoms with Crippen LogP contribution in [0.1, 0.15) is 20.3 Å². The van der Waals surface area contributed by atoms with E-state index in [-0.39, 0.29) is 0 Å². The molecule has 1 fully saturated rings. The Morgan fingerprint density at radius 1 is 1.70 bits per heavy atom. The van der Waals surface area contributed by atoms with E-state index in [1.165, 1.54) is 6.42 Å². The van der Waals surface area contributed by atoms with Crippen molar-refractivity contribution in [3.05, 3.63) is 0 Å². The molecular formula is C8H17NO. The SMILES string of the molecule is CCC(C)C1CNCCO1. The summed E-state index contributed by atoms with van der Waals surface area (Å²) in [7, 11) is 0. The molecule has 1 N–H and O–H groups in total. The van der Waals surface area contributed by atoms with Crippen LogP contribution in [0.4, 0.5) is 0 Å². The maximum Gasteiger partial charge on any atom is 0.0725 e. The van der Waals surface area contributed by atoms with Crippen molar-refractivity contribution in [3.8, 4) is 0 Å². The predicted molar refractivity (Wildman–Crippen MR) is 42.1 cm³/mol. The molecule has 1 rings (SSSR count). The molecule has 0 spiro atoms. The fraction of sp³-hybridized carbons (Fsp3) is 1.00. The third-order valence-corrected chi connectivity index (χ3v) is 2.23. The highest BCUT2D eigenvalue weighted by atomic mass is 16.5. The molecule has 0 aromatic heterocycles. The largest absolute Gasteiger partial charge is 0.375 e. The van der Waals surface area contributed by atoms with E-state index in [2.05, 4.69) is 19.2 Å². The lowest BCUT2D eigenvalue weighted by Crippen LogP contribution is -2.41. The number of hydrogen-bond donors (Lipinski definition) is 1. The molecule has 1 aliphatic rings. The Labute approximate surface area is 63.0 Å². The van der Waals surface area contributed by atoms with Crippen molar-refractivity contribution in [2.45, 2.75) is 26.4 Å². The molecule has 0 aliphatic carbocycles. The third kappa shape index (κ3) is 1.96. The van der Waals surface area contributed by atoms with Gasteiger partial charge in [-0.1, -0.05) is 20.3 Å². The molecule has 2 heteroatoms. The first-order valence-corrected chi connectivity index (χ1v) is 4.17. The predicted octanol–water partition coefficient (Wildman–Crippen LogP) is 1.02. The Bertz CT molecular complexity index is 89.3. The Hall–Kier alpha value is -0.0800. The standard InChI is InChI=1S/C8H17NO/c1-3-7(2)8-6-9-4-5-10-8/h7-9H,3-6H2,1-2H3. The van der Waals surface area contributed by atoms with E-state index < -0.39 is 0 Å². The van der Waals surface area contributed by atoms with Crippen LogP contribution in [0.2, 0.25) is 0 Å². The molecule has 1 saturated heterocycles. The van der Waals surface area contributed by atoms with Crippen LogP contribution in [0.3, 0.4) is 0 Å². The molecule has 60 valence electrons. The summed E-state index contributed by atoms with van der Waals surface area (Å²) in [6.45, 7) is 7.40. The van der Waals surface area contributed by atoms with E-state index >= 15 is 0 Å². The highest BCUT2D eigenvalue weighted by Crippen LogP contribution is 2.11. The Kier molecular flexibility index (Phi) is 3.16. The van der Waals surface area contributed by atoms with Crippen LogP contribution in [0, 0.1) is 5.92 Å². The average molecular weight is 143 g/mol. The molecule has 0 aromatic carbocycles. The number of ether oxygens (including phenoxy) is 1. The Morgan fingerprint density at radius 3 is 3.00 bits per heavy atom. The summed E-state index contributed by atoms with van der Waals surface area (Å²) in [5, 5.41) is 3.33. The minimum absolute atomic E-state index is 0.457. The van der Waals surface area contributed by atoms with Crippen LogP contribution >= 0.6 is 0 Å². The number of rotatable bonds is 2. The molecule has 0 aromatic rings. The lowest BCUT2D eigenvalue weighted by Gasteiger charge is -2.27. The minimum Gasteiger partial charge on any atom is -0.375 e. The van der Waals surface area contributed by atoms with Crippen LogP contribution < -0.4 is 5.32 Å². The summed E-state index contributed by atoms with van der Waals surface area (Å²) in [5.74, 6) is 0.702. The van der Waals surface area contributed by atoms with Crippen molar-refractivity contribution < 1.29 is 4.74 Å². The summed E-state index contributed by atoms with van der Waals surface area (Å²) in [6.07, 6.45) is 1.67. The molecule has 2 atom stereocenters. The average Bonchev–Trinajstić information content (AvgIpc) is 2.05. The Balaban J connectivity index is 2.24. The molecule has 10 heavy (non-hydrogen) atoms. The second kappa shape index (κ2) is 3.94. The van der Waals surface area contributed by atoms with Crippen molar-refractivity contribution >= 4 is 0 Å². The maximum absolute atomic E-state index is 5.57. The smallest absolute Gasteiger partial charge is 0.0725 e. The van der Waals surface area contributed by atoms with Gasteiger partial charge < -0.3 is 10.1 Å². The van der Waals surface area contributed by atoms with Crippen molar-refractivity contribution in [1.82, 2.24) is 5.32 Å². The molecule has 1 heterocycles. The van der Waals surface area contributed by atoms with Gasteiger partial charge in [0, 0.05) is 13.1 Å². The zero-order chi connectivity index (χ0) is 7.40. The monoisotopic (exact) mass is 143 g/mol. The summed E-state index contributed by atoms with van der Waals surface area (Å²) in [6, 6.07) is 0. The van der Waals surface area contributed by atoms with E-state index in [4.69, 9.17) is 4.74 Å². The third-order valence-electron chi connectivity index (χ3n) is 2.23. The van der Waals surface area contributed by atoms with Gasteiger partial charge in [-0.15, -0.1) is 0 Å². The van der Waals surface area contributed by atoms with Gasteiger partial charge in [0.05, 0.1) is 12.7 Å². The topological polar surface area (TPSA) is 21.3 Å². The maximum atomic E-state index is 5.57. The number of morpholine rings is 1. The first kappa shape index (κ1) is 8.02. The first-order chi connectivity index (χ1) is 4.84. The zero-order valence-electron chi connectivity index (χ0n) is 6.89. The fourth-order valence-electron chi connectivity index (χ4n) is 1.21. The molecule has 0 bridgehead atoms. The van der Waals surface area contributed by atoms with Crippen LogP contribution in [-0.2, 0) is 4.74 Å². The van der Waals surface area contributed by atoms with Gasteiger partial charge in [-0.2, -0.15) is 0 Å². The molecule has 2 unspecified atom stereocenters. The fourth-order valence-corrected chi connectivity index (χ4v) is 1.21. The van der Waals surface area contributed by atoms with Gasteiger partial charge in [-0.3, -0.25) is 0 Å². The molecule has 2 nitrogen and oxygen atoms in total. The van der Waals surface area contributed by atoms with Crippen LogP contribution in [-0.4, -0.2) is 25.8 Å². The van der Waals surface area contributed by atoms with E-state index in [1.807, 2.05) is 0 Å². The lowest BCUT2D eigenvalue weighted by molar-refractivity contribution is -0.00510. The zero-order valence-corrected chi connectivity index (χ0v) is 6.89. The molecule has 1 aliphatic heterocycles. The van der Waals surface area contributed by atoms with Crippen molar-refractivity contribution in [1.29, 1.82) is 0 Å². The van der Waals surface area contributed by atoms with E-state index in [0.717, 1.165) is 19.7 Å². The van der Waals surface area contributed by atoms with Crippen molar-refractivity contribution in [2.24, 2.45) is 5.92 Å². The highest BCUT2D eigenvalue weighted by Gasteiger charge is 2.18. The first-order valence-electron chi connectivity index (χ1n) is 4.17.